The molecule has 0 radical (unpaired) electrons. The van der Waals surface area contributed by atoms with Crippen molar-refractivity contribution in [3.63, 3.8) is 0 Å². The summed E-state index contributed by atoms with van der Waals surface area (Å²) in [7, 11) is 0. The van der Waals surface area contributed by atoms with E-state index in [1.54, 1.807) is 12.1 Å². The van der Waals surface area contributed by atoms with Crippen LogP contribution in [0.1, 0.15) is 10.4 Å². The molecule has 1 aliphatic heterocycles. The van der Waals surface area contributed by atoms with Gasteiger partial charge in [-0.15, -0.1) is 10.2 Å². The number of carbonyl (C=O) groups is 2. The Balaban J connectivity index is 1.08. The first kappa shape index (κ1) is 24.1. The summed E-state index contributed by atoms with van der Waals surface area (Å²) < 4.78 is 11.7. The topological polar surface area (TPSA) is 105 Å². The molecule has 1 N–H and O–H groups in total. The number of thioether (sulfide) groups is 1. The number of anilines is 2. The summed E-state index contributed by atoms with van der Waals surface area (Å²) in [6.07, 6.45) is 1.53. The lowest BCUT2D eigenvalue weighted by Gasteiger charge is -2.36. The predicted octanol–water partition coefficient (Wildman–Crippen LogP) is 4.79. The third-order valence-corrected chi connectivity index (χ3v) is 6.99. The molecule has 0 spiro atoms. The fourth-order valence-electron chi connectivity index (χ4n) is 3.79. The Labute approximate surface area is 220 Å². The van der Waals surface area contributed by atoms with Gasteiger partial charge in [0.2, 0.25) is 5.91 Å². The molecule has 2 aromatic heterocycles. The average Bonchev–Trinajstić information content (AvgIpc) is 3.61. The van der Waals surface area contributed by atoms with E-state index in [1.165, 1.54) is 6.26 Å². The minimum atomic E-state index is -0.175. The number of rotatable bonds is 7. The fraction of sp³-hybridized carbons (Fsp3) is 0.200. The van der Waals surface area contributed by atoms with Crippen molar-refractivity contribution in [3.8, 4) is 11.7 Å². The third kappa shape index (κ3) is 5.80. The van der Waals surface area contributed by atoms with Gasteiger partial charge in [-0.25, -0.2) is 0 Å². The van der Waals surface area contributed by atoms with Gasteiger partial charge >= 0.3 is 0 Å². The Morgan fingerprint density at radius 2 is 1.72 bits per heavy atom. The quantitative estimate of drug-likeness (QED) is 0.318. The Hall–Kier alpha value is -3.57. The summed E-state index contributed by atoms with van der Waals surface area (Å²) in [5, 5.41) is 11.0. The normalized spacial score (nSPS) is 13.6. The van der Waals surface area contributed by atoms with Crippen LogP contribution in [0, 0.1) is 0 Å². The summed E-state index contributed by atoms with van der Waals surface area (Å²) >= 11 is 4.56. The van der Waals surface area contributed by atoms with Crippen LogP contribution in [0.25, 0.3) is 11.7 Å². The van der Waals surface area contributed by atoms with E-state index >= 15 is 0 Å². The monoisotopic (exact) mass is 567 g/mol. The molecule has 0 bridgehead atoms. The van der Waals surface area contributed by atoms with Crippen molar-refractivity contribution in [2.75, 3.05) is 42.1 Å². The maximum Gasteiger partial charge on any atom is 0.284 e. The van der Waals surface area contributed by atoms with Crippen molar-refractivity contribution in [2.24, 2.45) is 0 Å². The van der Waals surface area contributed by atoms with Crippen molar-refractivity contribution < 1.29 is 18.4 Å². The molecule has 1 saturated heterocycles. The summed E-state index contributed by atoms with van der Waals surface area (Å²) in [6, 6.07) is 18.6. The van der Waals surface area contributed by atoms with E-state index in [1.807, 2.05) is 53.4 Å². The van der Waals surface area contributed by atoms with Gasteiger partial charge in [0.25, 0.3) is 17.0 Å². The molecule has 0 atom stereocenters. The number of hydrogen-bond acceptors (Lipinski definition) is 8. The van der Waals surface area contributed by atoms with Crippen LogP contribution in [0.5, 0.6) is 0 Å². The number of hydrogen-bond donors (Lipinski definition) is 1. The molecule has 0 saturated carbocycles. The van der Waals surface area contributed by atoms with E-state index < -0.39 is 0 Å². The zero-order chi connectivity index (χ0) is 24.9. The van der Waals surface area contributed by atoms with Gasteiger partial charge in [0, 0.05) is 47.6 Å². The largest absolute Gasteiger partial charge is 0.459 e. The smallest absolute Gasteiger partial charge is 0.284 e. The van der Waals surface area contributed by atoms with Crippen LogP contribution in [0.3, 0.4) is 0 Å². The van der Waals surface area contributed by atoms with Gasteiger partial charge in [-0.3, -0.25) is 9.59 Å². The number of aromatic nitrogens is 2. The summed E-state index contributed by atoms with van der Waals surface area (Å²) in [5.41, 5.74) is 2.45. The zero-order valence-electron chi connectivity index (χ0n) is 19.1. The second kappa shape index (κ2) is 11.0. The molecule has 2 aromatic carbocycles. The van der Waals surface area contributed by atoms with Crippen LogP contribution in [-0.2, 0) is 4.79 Å². The van der Waals surface area contributed by atoms with Crippen molar-refractivity contribution in [1.29, 1.82) is 0 Å². The second-order valence-electron chi connectivity index (χ2n) is 8.02. The Morgan fingerprint density at radius 3 is 2.42 bits per heavy atom. The molecule has 36 heavy (non-hydrogen) atoms. The van der Waals surface area contributed by atoms with E-state index in [-0.39, 0.29) is 23.5 Å². The number of halogens is 1. The fourth-order valence-corrected chi connectivity index (χ4v) is 4.62. The molecule has 0 unspecified atom stereocenters. The number of benzene rings is 2. The molecule has 0 aliphatic carbocycles. The molecule has 3 heterocycles. The van der Waals surface area contributed by atoms with Crippen molar-refractivity contribution in [3.05, 3.63) is 77.0 Å². The van der Waals surface area contributed by atoms with Crippen LogP contribution >= 0.6 is 27.7 Å². The zero-order valence-corrected chi connectivity index (χ0v) is 21.5. The van der Waals surface area contributed by atoms with Crippen LogP contribution in [-0.4, -0.2) is 58.8 Å². The number of carbonyl (C=O) groups excluding carboxylic acids is 2. The number of piperazine rings is 1. The highest BCUT2D eigenvalue weighted by atomic mass is 79.9. The highest BCUT2D eigenvalue weighted by Gasteiger charge is 2.22. The first-order valence-electron chi connectivity index (χ1n) is 11.2. The second-order valence-corrected chi connectivity index (χ2v) is 9.86. The number of nitrogens with zero attached hydrogens (tertiary/aromatic N) is 4. The minimum absolute atomic E-state index is 0.0517. The van der Waals surface area contributed by atoms with Crippen LogP contribution in [0.15, 0.2) is 85.5 Å². The van der Waals surface area contributed by atoms with Crippen molar-refractivity contribution in [1.82, 2.24) is 15.1 Å². The highest BCUT2D eigenvalue weighted by molar-refractivity contribution is 9.10. The lowest BCUT2D eigenvalue weighted by atomic mass is 10.1. The molecule has 1 fully saturated rings. The number of furan rings is 1. The molecule has 1 aliphatic rings. The van der Waals surface area contributed by atoms with Crippen LogP contribution in [0.2, 0.25) is 0 Å². The van der Waals surface area contributed by atoms with Gasteiger partial charge in [-0.05, 0) is 60.7 Å². The maximum absolute atomic E-state index is 12.7. The van der Waals surface area contributed by atoms with Crippen molar-refractivity contribution in [2.45, 2.75) is 5.22 Å². The van der Waals surface area contributed by atoms with E-state index in [0.29, 0.717) is 35.3 Å². The van der Waals surface area contributed by atoms with Crippen molar-refractivity contribution >= 4 is 50.9 Å². The predicted molar refractivity (Wildman–Crippen MR) is 140 cm³/mol. The number of amides is 2. The summed E-state index contributed by atoms with van der Waals surface area (Å²) in [5.74, 6) is 0.769. The Bertz CT molecular complexity index is 1320. The van der Waals surface area contributed by atoms with Gasteiger partial charge in [-0.2, -0.15) is 0 Å². The summed E-state index contributed by atoms with van der Waals surface area (Å²) in [6.45, 7) is 2.80. The molecular formula is C25H22BrN5O4S. The van der Waals surface area contributed by atoms with Gasteiger partial charge in [0.15, 0.2) is 5.76 Å². The van der Waals surface area contributed by atoms with E-state index in [2.05, 4.69) is 36.3 Å². The lowest BCUT2D eigenvalue weighted by molar-refractivity contribution is -0.113. The molecule has 11 heteroatoms. The van der Waals surface area contributed by atoms with Gasteiger partial charge < -0.3 is 24.0 Å². The van der Waals surface area contributed by atoms with E-state index in [4.69, 9.17) is 8.83 Å². The molecule has 5 rings (SSSR count). The van der Waals surface area contributed by atoms with Crippen LogP contribution < -0.4 is 10.2 Å². The first-order valence-corrected chi connectivity index (χ1v) is 13.0. The SMILES string of the molecule is O=C(CSc1nnc(-c2ccco2)o1)Nc1ccc(N2CCN(C(=O)c3ccc(Br)cc3)CC2)cc1. The molecule has 4 aromatic rings. The molecular weight excluding hydrogens is 546 g/mol. The highest BCUT2D eigenvalue weighted by Crippen LogP contribution is 2.24. The number of nitrogens with one attached hydrogen (secondary N) is 1. The molecule has 2 amide bonds. The van der Waals surface area contributed by atoms with Gasteiger partial charge in [-0.1, -0.05) is 27.7 Å². The standard InChI is InChI=1S/C25H22BrN5O4S/c26-18-5-3-17(4-6-18)24(33)31-13-11-30(12-14-31)20-9-7-19(8-10-20)27-22(32)16-36-25-29-28-23(35-25)21-2-1-15-34-21/h1-10,15H,11-14,16H2,(H,27,32). The maximum atomic E-state index is 12.7. The van der Waals surface area contributed by atoms with Crippen LogP contribution in [0.4, 0.5) is 11.4 Å². The minimum Gasteiger partial charge on any atom is -0.459 e. The Morgan fingerprint density at radius 1 is 0.972 bits per heavy atom. The third-order valence-electron chi connectivity index (χ3n) is 5.64. The lowest BCUT2D eigenvalue weighted by Crippen LogP contribution is -2.48. The Kier molecular flexibility index (Phi) is 7.38. The first-order chi connectivity index (χ1) is 17.5. The molecule has 184 valence electrons. The average molecular weight is 568 g/mol. The van der Waals surface area contributed by atoms with E-state index in [9.17, 15) is 9.59 Å². The molecule has 9 nitrogen and oxygen atoms in total. The van der Waals surface area contributed by atoms with Gasteiger partial charge in [0.05, 0.1) is 12.0 Å². The summed E-state index contributed by atoms with van der Waals surface area (Å²) in [4.78, 5) is 29.2. The van der Waals surface area contributed by atoms with E-state index in [0.717, 1.165) is 35.0 Å². The van der Waals surface area contributed by atoms with Gasteiger partial charge in [0.1, 0.15) is 0 Å².